The average Bonchev–Trinajstić information content (AvgIpc) is 3.15. The molecule has 0 unspecified atom stereocenters. The predicted molar refractivity (Wildman–Crippen MR) is 78.3 cm³/mol. The first-order valence-corrected chi connectivity index (χ1v) is 7.18. The molecule has 1 N–H and O–H groups in total. The molecule has 2 aromatic rings. The maximum Gasteiger partial charge on any atom is 0.269 e. The van der Waals surface area contributed by atoms with E-state index in [0.29, 0.717) is 16.1 Å². The lowest BCUT2D eigenvalue weighted by atomic mass is 10.2. The average molecular weight is 338 g/mol. The van der Waals surface area contributed by atoms with Gasteiger partial charge in [0, 0.05) is 16.6 Å². The van der Waals surface area contributed by atoms with Crippen LogP contribution in [0.15, 0.2) is 39.7 Å². The molecule has 0 bridgehead atoms. The number of hydrogen-bond acceptors (Lipinski definition) is 3. The number of nitrogens with zero attached hydrogens (tertiary/aromatic N) is 2. The number of benzene rings is 1. The van der Waals surface area contributed by atoms with Crippen molar-refractivity contribution in [2.75, 3.05) is 5.32 Å². The van der Waals surface area contributed by atoms with Gasteiger partial charge in [-0.15, -0.1) is 0 Å². The molecular formula is C14H13BrFN3O. The topological polar surface area (TPSA) is 46.9 Å². The summed E-state index contributed by atoms with van der Waals surface area (Å²) >= 11 is 3.23. The lowest BCUT2D eigenvalue weighted by Gasteiger charge is -2.08. The van der Waals surface area contributed by atoms with Gasteiger partial charge in [0.1, 0.15) is 5.82 Å². The van der Waals surface area contributed by atoms with Crippen molar-refractivity contribution in [1.82, 2.24) is 9.78 Å². The second-order valence-corrected chi connectivity index (χ2v) is 5.85. The van der Waals surface area contributed by atoms with E-state index < -0.39 is 0 Å². The van der Waals surface area contributed by atoms with Crippen molar-refractivity contribution in [1.29, 1.82) is 0 Å². The summed E-state index contributed by atoms with van der Waals surface area (Å²) in [5, 5.41) is 7.34. The highest BCUT2D eigenvalue weighted by atomic mass is 79.9. The van der Waals surface area contributed by atoms with Crippen molar-refractivity contribution in [3.8, 4) is 0 Å². The van der Waals surface area contributed by atoms with Crippen LogP contribution in [0.2, 0.25) is 0 Å². The van der Waals surface area contributed by atoms with Gasteiger partial charge in [0.05, 0.1) is 18.4 Å². The molecule has 104 valence electrons. The number of nitrogens with one attached hydrogen (secondary N) is 1. The van der Waals surface area contributed by atoms with Crippen LogP contribution < -0.4 is 10.9 Å². The van der Waals surface area contributed by atoms with E-state index in [0.717, 1.165) is 18.5 Å². The number of rotatable bonds is 4. The lowest BCUT2D eigenvalue weighted by Crippen LogP contribution is -2.23. The molecule has 0 spiro atoms. The Balaban J connectivity index is 1.81. The maximum absolute atomic E-state index is 13.3. The van der Waals surface area contributed by atoms with Gasteiger partial charge >= 0.3 is 0 Å². The van der Waals surface area contributed by atoms with E-state index in [-0.39, 0.29) is 17.9 Å². The molecule has 0 atom stereocenters. The van der Waals surface area contributed by atoms with Crippen LogP contribution in [0, 0.1) is 5.82 Å². The fourth-order valence-corrected chi connectivity index (χ4v) is 2.48. The van der Waals surface area contributed by atoms with Crippen molar-refractivity contribution in [2.24, 2.45) is 0 Å². The maximum atomic E-state index is 13.3. The van der Waals surface area contributed by atoms with Crippen LogP contribution in [0.25, 0.3) is 0 Å². The number of hydrogen-bond donors (Lipinski definition) is 1. The Morgan fingerprint density at radius 3 is 2.80 bits per heavy atom. The van der Waals surface area contributed by atoms with Gasteiger partial charge in [-0.05, 0) is 36.6 Å². The van der Waals surface area contributed by atoms with Crippen LogP contribution >= 0.6 is 15.9 Å². The molecule has 1 fully saturated rings. The Labute approximate surface area is 123 Å². The Morgan fingerprint density at radius 2 is 2.15 bits per heavy atom. The second-order valence-electron chi connectivity index (χ2n) is 4.94. The molecule has 6 heteroatoms. The van der Waals surface area contributed by atoms with E-state index in [1.165, 1.54) is 22.9 Å². The molecule has 0 aliphatic heterocycles. The SMILES string of the molecule is O=c1cc(NC2CC2)cnn1Cc1cc(F)cc(Br)c1. The van der Waals surface area contributed by atoms with Crippen molar-refractivity contribution in [2.45, 2.75) is 25.4 Å². The zero-order valence-corrected chi connectivity index (χ0v) is 12.2. The summed E-state index contributed by atoms with van der Waals surface area (Å²) in [5.41, 5.74) is 1.24. The fourth-order valence-electron chi connectivity index (χ4n) is 1.97. The third-order valence-electron chi connectivity index (χ3n) is 3.07. The van der Waals surface area contributed by atoms with E-state index in [1.54, 1.807) is 12.3 Å². The zero-order valence-electron chi connectivity index (χ0n) is 10.6. The first-order valence-electron chi connectivity index (χ1n) is 6.39. The van der Waals surface area contributed by atoms with Crippen LogP contribution in [0.4, 0.5) is 10.1 Å². The van der Waals surface area contributed by atoms with Crippen molar-refractivity contribution < 1.29 is 4.39 Å². The molecule has 1 aliphatic rings. The van der Waals surface area contributed by atoms with Gasteiger partial charge in [-0.3, -0.25) is 4.79 Å². The standard InChI is InChI=1S/C14H13BrFN3O/c15-10-3-9(4-11(16)5-10)8-19-14(20)6-13(7-17-19)18-12-1-2-12/h3-7,12,18H,1-2,8H2. The molecule has 1 saturated carbocycles. The van der Waals surface area contributed by atoms with Gasteiger partial charge in [0.25, 0.3) is 5.56 Å². The van der Waals surface area contributed by atoms with Gasteiger partial charge in [-0.1, -0.05) is 15.9 Å². The normalized spacial score (nSPS) is 14.3. The molecule has 0 amide bonds. The largest absolute Gasteiger partial charge is 0.381 e. The van der Waals surface area contributed by atoms with Crippen LogP contribution in [0.3, 0.4) is 0 Å². The van der Waals surface area contributed by atoms with Gasteiger partial charge in [-0.25, -0.2) is 9.07 Å². The van der Waals surface area contributed by atoms with Crippen LogP contribution in [-0.4, -0.2) is 15.8 Å². The summed E-state index contributed by atoms with van der Waals surface area (Å²) in [7, 11) is 0. The summed E-state index contributed by atoms with van der Waals surface area (Å²) in [6.07, 6.45) is 3.91. The Kier molecular flexibility index (Phi) is 3.56. The second kappa shape index (κ2) is 5.36. The molecular weight excluding hydrogens is 325 g/mol. The zero-order chi connectivity index (χ0) is 14.1. The van der Waals surface area contributed by atoms with Gasteiger partial charge in [-0.2, -0.15) is 5.10 Å². The van der Waals surface area contributed by atoms with E-state index in [9.17, 15) is 9.18 Å². The van der Waals surface area contributed by atoms with Crippen molar-refractivity contribution >= 4 is 21.6 Å². The predicted octanol–water partition coefficient (Wildman–Crippen LogP) is 2.77. The Hall–Kier alpha value is -1.69. The monoisotopic (exact) mass is 337 g/mol. The van der Waals surface area contributed by atoms with Crippen molar-refractivity contribution in [3.05, 3.63) is 56.7 Å². The molecule has 20 heavy (non-hydrogen) atoms. The van der Waals surface area contributed by atoms with E-state index in [2.05, 4.69) is 26.3 Å². The summed E-state index contributed by atoms with van der Waals surface area (Å²) in [4.78, 5) is 12.0. The van der Waals surface area contributed by atoms with Gasteiger partial charge < -0.3 is 5.32 Å². The van der Waals surface area contributed by atoms with Crippen LogP contribution in [0.1, 0.15) is 18.4 Å². The molecule has 0 radical (unpaired) electrons. The summed E-state index contributed by atoms with van der Waals surface area (Å²) < 4.78 is 15.3. The smallest absolute Gasteiger partial charge is 0.269 e. The molecule has 1 aromatic carbocycles. The van der Waals surface area contributed by atoms with E-state index in [1.807, 2.05) is 0 Å². The highest BCUT2D eigenvalue weighted by Gasteiger charge is 2.21. The quantitative estimate of drug-likeness (QED) is 0.933. The fraction of sp³-hybridized carbons (Fsp3) is 0.286. The van der Waals surface area contributed by atoms with Crippen molar-refractivity contribution in [3.63, 3.8) is 0 Å². The Morgan fingerprint density at radius 1 is 1.35 bits per heavy atom. The summed E-state index contributed by atoms with van der Waals surface area (Å²) in [5.74, 6) is -0.338. The molecule has 0 saturated heterocycles. The third kappa shape index (κ3) is 3.25. The highest BCUT2D eigenvalue weighted by Crippen LogP contribution is 2.23. The number of anilines is 1. The van der Waals surface area contributed by atoms with Gasteiger partial charge in [0.2, 0.25) is 0 Å². The first-order chi connectivity index (χ1) is 9.60. The highest BCUT2D eigenvalue weighted by molar-refractivity contribution is 9.10. The summed E-state index contributed by atoms with van der Waals surface area (Å²) in [6.45, 7) is 0.249. The molecule has 3 rings (SSSR count). The van der Waals surface area contributed by atoms with Crippen LogP contribution in [-0.2, 0) is 6.54 Å². The molecule has 1 aliphatic carbocycles. The summed E-state index contributed by atoms with van der Waals surface area (Å²) in [6, 6.07) is 6.55. The molecule has 1 aromatic heterocycles. The van der Waals surface area contributed by atoms with Crippen LogP contribution in [0.5, 0.6) is 0 Å². The van der Waals surface area contributed by atoms with E-state index in [4.69, 9.17) is 0 Å². The minimum absolute atomic E-state index is 0.198. The number of halogens is 2. The van der Waals surface area contributed by atoms with Gasteiger partial charge in [0.15, 0.2) is 0 Å². The Bertz CT molecular complexity index is 677. The minimum atomic E-state index is -0.338. The molecule has 1 heterocycles. The van der Waals surface area contributed by atoms with E-state index >= 15 is 0 Å². The minimum Gasteiger partial charge on any atom is -0.381 e. The third-order valence-corrected chi connectivity index (χ3v) is 3.53. The molecule has 4 nitrogen and oxygen atoms in total. The lowest BCUT2D eigenvalue weighted by molar-refractivity contribution is 0.610. The first kappa shape index (κ1) is 13.3. The number of aromatic nitrogens is 2.